The van der Waals surface area contributed by atoms with E-state index in [9.17, 15) is 4.79 Å². The maximum absolute atomic E-state index is 11.7. The number of aryl methyl sites for hydroxylation is 1. The summed E-state index contributed by atoms with van der Waals surface area (Å²) in [6, 6.07) is 0. The van der Waals surface area contributed by atoms with E-state index in [0.29, 0.717) is 11.5 Å². The van der Waals surface area contributed by atoms with Gasteiger partial charge in [-0.3, -0.25) is 0 Å². The molecule has 88 valence electrons. The molecule has 1 fully saturated rings. The van der Waals surface area contributed by atoms with Crippen LogP contribution in [0.2, 0.25) is 0 Å². The summed E-state index contributed by atoms with van der Waals surface area (Å²) in [5.74, 6) is -0.283. The normalized spacial score (nSPS) is 20.7. The van der Waals surface area contributed by atoms with Gasteiger partial charge in [0.1, 0.15) is 11.5 Å². The second-order valence-corrected chi connectivity index (χ2v) is 4.71. The summed E-state index contributed by atoms with van der Waals surface area (Å²) < 4.78 is 10.7. The second kappa shape index (κ2) is 5.41. The van der Waals surface area contributed by atoms with E-state index in [1.807, 2.05) is 6.92 Å². The Bertz CT molecular complexity index is 358. The van der Waals surface area contributed by atoms with Crippen LogP contribution in [-0.2, 0) is 9.47 Å². The fraction of sp³-hybridized carbons (Fsp3) is 0.636. The predicted octanol–water partition coefficient (Wildman–Crippen LogP) is 2.18. The van der Waals surface area contributed by atoms with Gasteiger partial charge in [0.05, 0.1) is 17.3 Å². The van der Waals surface area contributed by atoms with E-state index in [1.165, 1.54) is 11.3 Å². The van der Waals surface area contributed by atoms with Gasteiger partial charge in [0.25, 0.3) is 0 Å². The Labute approximate surface area is 98.6 Å². The number of carbonyl (C=O) groups excluding carboxylic acids is 1. The maximum atomic E-state index is 11.7. The third-order valence-electron chi connectivity index (χ3n) is 2.61. The highest BCUT2D eigenvalue weighted by Gasteiger charge is 2.18. The van der Waals surface area contributed by atoms with Crippen LogP contribution in [0.4, 0.5) is 0 Å². The summed E-state index contributed by atoms with van der Waals surface area (Å²) in [5, 5.41) is 0. The van der Waals surface area contributed by atoms with Gasteiger partial charge in [0.2, 0.25) is 0 Å². The predicted molar refractivity (Wildman–Crippen MR) is 60.7 cm³/mol. The Morgan fingerprint density at radius 2 is 2.56 bits per heavy atom. The molecule has 1 aliphatic heterocycles. The Kier molecular flexibility index (Phi) is 3.90. The van der Waals surface area contributed by atoms with Gasteiger partial charge in [0, 0.05) is 6.61 Å². The zero-order chi connectivity index (χ0) is 11.4. The van der Waals surface area contributed by atoms with Crippen molar-refractivity contribution in [3.8, 4) is 0 Å². The van der Waals surface area contributed by atoms with E-state index in [4.69, 9.17) is 9.47 Å². The van der Waals surface area contributed by atoms with Crippen LogP contribution in [0, 0.1) is 6.92 Å². The van der Waals surface area contributed by atoms with Crippen molar-refractivity contribution in [2.24, 2.45) is 0 Å². The number of thiazole rings is 1. The minimum absolute atomic E-state index is 0.0749. The first-order valence-corrected chi connectivity index (χ1v) is 6.34. The molecule has 0 unspecified atom stereocenters. The number of carbonyl (C=O) groups is 1. The van der Waals surface area contributed by atoms with E-state index in [1.54, 1.807) is 5.51 Å². The van der Waals surface area contributed by atoms with Crippen molar-refractivity contribution in [2.75, 3.05) is 13.2 Å². The molecular formula is C11H15NO3S. The van der Waals surface area contributed by atoms with Crippen LogP contribution >= 0.6 is 11.3 Å². The highest BCUT2D eigenvalue weighted by Crippen LogP contribution is 2.16. The van der Waals surface area contributed by atoms with Crippen molar-refractivity contribution >= 4 is 17.3 Å². The zero-order valence-corrected chi connectivity index (χ0v) is 10.1. The van der Waals surface area contributed by atoms with Crippen LogP contribution in [0.25, 0.3) is 0 Å². The summed E-state index contributed by atoms with van der Waals surface area (Å²) in [6.07, 6.45) is 3.32. The van der Waals surface area contributed by atoms with Crippen LogP contribution in [0.5, 0.6) is 0 Å². The molecular weight excluding hydrogens is 226 g/mol. The van der Waals surface area contributed by atoms with Gasteiger partial charge in [-0.2, -0.15) is 0 Å². The average molecular weight is 241 g/mol. The molecule has 1 aromatic heterocycles. The third kappa shape index (κ3) is 2.80. The maximum Gasteiger partial charge on any atom is 0.350 e. The van der Waals surface area contributed by atoms with E-state index < -0.39 is 0 Å². The second-order valence-electron chi connectivity index (χ2n) is 3.85. The van der Waals surface area contributed by atoms with Crippen molar-refractivity contribution in [3.63, 3.8) is 0 Å². The fourth-order valence-corrected chi connectivity index (χ4v) is 2.37. The van der Waals surface area contributed by atoms with Crippen LogP contribution in [0.15, 0.2) is 5.51 Å². The lowest BCUT2D eigenvalue weighted by atomic mass is 10.1. The molecule has 1 aromatic rings. The number of nitrogens with zero attached hydrogens (tertiary/aromatic N) is 1. The first-order chi connectivity index (χ1) is 7.77. The Morgan fingerprint density at radius 1 is 1.69 bits per heavy atom. The molecule has 0 spiro atoms. The van der Waals surface area contributed by atoms with Crippen LogP contribution in [0.3, 0.4) is 0 Å². The van der Waals surface area contributed by atoms with E-state index >= 15 is 0 Å². The van der Waals surface area contributed by atoms with Crippen molar-refractivity contribution < 1.29 is 14.3 Å². The van der Waals surface area contributed by atoms with Crippen LogP contribution in [-0.4, -0.2) is 30.3 Å². The van der Waals surface area contributed by atoms with Gasteiger partial charge in [-0.25, -0.2) is 9.78 Å². The largest absolute Gasteiger partial charge is 0.459 e. The molecule has 1 atom stereocenters. The molecule has 0 N–H and O–H groups in total. The van der Waals surface area contributed by atoms with Gasteiger partial charge in [-0.1, -0.05) is 0 Å². The quantitative estimate of drug-likeness (QED) is 0.761. The van der Waals surface area contributed by atoms with Crippen molar-refractivity contribution in [3.05, 3.63) is 16.1 Å². The van der Waals surface area contributed by atoms with Crippen molar-refractivity contribution in [2.45, 2.75) is 32.3 Å². The molecule has 0 saturated carbocycles. The number of hydrogen-bond donors (Lipinski definition) is 0. The monoisotopic (exact) mass is 241 g/mol. The minimum atomic E-state index is -0.283. The topological polar surface area (TPSA) is 48.4 Å². The number of ether oxygens (including phenoxy) is 2. The smallest absolute Gasteiger partial charge is 0.350 e. The molecule has 1 aliphatic rings. The van der Waals surface area contributed by atoms with Gasteiger partial charge in [-0.05, 0) is 26.2 Å². The molecule has 2 heterocycles. The first-order valence-electron chi connectivity index (χ1n) is 5.46. The standard InChI is InChI=1S/C11H15NO3S/c1-8-10(16-7-12-8)11(13)15-6-9-4-2-3-5-14-9/h7,9H,2-6H2,1H3/t9-/m0/s1. The molecule has 2 rings (SSSR count). The van der Waals surface area contributed by atoms with E-state index in [-0.39, 0.29) is 12.1 Å². The lowest BCUT2D eigenvalue weighted by Gasteiger charge is -2.21. The van der Waals surface area contributed by atoms with Gasteiger partial charge >= 0.3 is 5.97 Å². The van der Waals surface area contributed by atoms with Crippen molar-refractivity contribution in [1.82, 2.24) is 4.98 Å². The van der Waals surface area contributed by atoms with Gasteiger partial charge in [0.15, 0.2) is 0 Å². The van der Waals surface area contributed by atoms with Crippen molar-refractivity contribution in [1.29, 1.82) is 0 Å². The number of rotatable bonds is 3. The van der Waals surface area contributed by atoms with E-state index in [0.717, 1.165) is 31.6 Å². The Morgan fingerprint density at radius 3 is 3.19 bits per heavy atom. The summed E-state index contributed by atoms with van der Waals surface area (Å²) in [7, 11) is 0. The molecule has 0 aromatic carbocycles. The molecule has 0 aliphatic carbocycles. The SMILES string of the molecule is Cc1ncsc1C(=O)OC[C@@H]1CCCCO1. The molecule has 0 amide bonds. The lowest BCUT2D eigenvalue weighted by molar-refractivity contribution is -0.0298. The summed E-state index contributed by atoms with van der Waals surface area (Å²) >= 11 is 1.32. The molecule has 0 radical (unpaired) electrons. The Hall–Kier alpha value is -0.940. The minimum Gasteiger partial charge on any atom is -0.459 e. The number of aromatic nitrogens is 1. The number of hydrogen-bond acceptors (Lipinski definition) is 5. The summed E-state index contributed by atoms with van der Waals surface area (Å²) in [4.78, 5) is 16.3. The molecule has 1 saturated heterocycles. The molecule has 4 nitrogen and oxygen atoms in total. The summed E-state index contributed by atoms with van der Waals surface area (Å²) in [5.41, 5.74) is 2.39. The first kappa shape index (κ1) is 11.5. The highest BCUT2D eigenvalue weighted by molar-refractivity contribution is 7.11. The molecule has 5 heteroatoms. The molecule has 16 heavy (non-hydrogen) atoms. The van der Waals surface area contributed by atoms with Gasteiger partial charge in [-0.15, -0.1) is 11.3 Å². The summed E-state index contributed by atoms with van der Waals surface area (Å²) in [6.45, 7) is 2.95. The fourth-order valence-electron chi connectivity index (χ4n) is 1.67. The number of esters is 1. The van der Waals surface area contributed by atoms with Crippen LogP contribution in [0.1, 0.15) is 34.6 Å². The average Bonchev–Trinajstić information content (AvgIpc) is 2.74. The van der Waals surface area contributed by atoms with E-state index in [2.05, 4.69) is 4.98 Å². The highest BCUT2D eigenvalue weighted by atomic mass is 32.1. The van der Waals surface area contributed by atoms with Crippen LogP contribution < -0.4 is 0 Å². The zero-order valence-electron chi connectivity index (χ0n) is 9.27. The third-order valence-corrected chi connectivity index (χ3v) is 3.51. The Balaban J connectivity index is 1.81. The lowest BCUT2D eigenvalue weighted by Crippen LogP contribution is -2.25. The molecule has 0 bridgehead atoms. The van der Waals surface area contributed by atoms with Gasteiger partial charge < -0.3 is 9.47 Å².